The first-order chi connectivity index (χ1) is 7.31. The Morgan fingerprint density at radius 3 is 3.07 bits per heavy atom. The summed E-state index contributed by atoms with van der Waals surface area (Å²) in [6.45, 7) is 6.70. The number of hydrogen-bond acceptors (Lipinski definition) is 2. The van der Waals surface area contributed by atoms with Crippen LogP contribution in [0.5, 0.6) is 0 Å². The van der Waals surface area contributed by atoms with Gasteiger partial charge in [-0.1, -0.05) is 20.3 Å². The quantitative estimate of drug-likeness (QED) is 0.777. The van der Waals surface area contributed by atoms with Crippen molar-refractivity contribution in [2.75, 3.05) is 11.9 Å². The smallest absolute Gasteiger partial charge is 0.202 e. The molecule has 15 heavy (non-hydrogen) atoms. The van der Waals surface area contributed by atoms with Crippen molar-refractivity contribution in [1.29, 1.82) is 0 Å². The topological polar surface area (TPSA) is 29.9 Å². The van der Waals surface area contributed by atoms with Crippen molar-refractivity contribution in [2.24, 2.45) is 11.8 Å². The molecule has 0 spiro atoms. The SMILES string of the molecule is CCCCn1ccnc1NCC1CC1C. The molecule has 0 bridgehead atoms. The third-order valence-corrected chi connectivity index (χ3v) is 3.27. The van der Waals surface area contributed by atoms with E-state index in [-0.39, 0.29) is 0 Å². The van der Waals surface area contributed by atoms with Gasteiger partial charge in [0.1, 0.15) is 0 Å². The zero-order valence-electron chi connectivity index (χ0n) is 9.74. The zero-order valence-corrected chi connectivity index (χ0v) is 9.74. The first kappa shape index (κ1) is 10.5. The average molecular weight is 207 g/mol. The number of anilines is 1. The van der Waals surface area contributed by atoms with Crippen molar-refractivity contribution in [2.45, 2.75) is 39.7 Å². The van der Waals surface area contributed by atoms with Gasteiger partial charge in [-0.25, -0.2) is 4.98 Å². The van der Waals surface area contributed by atoms with Crippen LogP contribution < -0.4 is 5.32 Å². The Morgan fingerprint density at radius 2 is 2.40 bits per heavy atom. The van der Waals surface area contributed by atoms with E-state index in [1.165, 1.54) is 19.3 Å². The minimum Gasteiger partial charge on any atom is -0.355 e. The predicted molar refractivity (Wildman–Crippen MR) is 62.9 cm³/mol. The maximum absolute atomic E-state index is 4.35. The van der Waals surface area contributed by atoms with E-state index >= 15 is 0 Å². The van der Waals surface area contributed by atoms with Gasteiger partial charge in [0.2, 0.25) is 5.95 Å². The molecule has 0 saturated heterocycles. The molecular formula is C12H21N3. The standard InChI is InChI=1S/C12H21N3/c1-3-4-6-15-7-5-13-12(15)14-9-11-8-10(11)2/h5,7,10-11H,3-4,6,8-9H2,1-2H3,(H,13,14). The molecule has 1 fully saturated rings. The van der Waals surface area contributed by atoms with Crippen LogP contribution in [0.4, 0.5) is 5.95 Å². The van der Waals surface area contributed by atoms with Crippen LogP contribution in [0.3, 0.4) is 0 Å². The van der Waals surface area contributed by atoms with Crippen molar-refractivity contribution < 1.29 is 0 Å². The van der Waals surface area contributed by atoms with E-state index in [0.717, 1.165) is 30.9 Å². The fourth-order valence-corrected chi connectivity index (χ4v) is 1.89. The molecule has 1 aliphatic rings. The molecule has 2 atom stereocenters. The summed E-state index contributed by atoms with van der Waals surface area (Å²) in [7, 11) is 0. The molecule has 3 nitrogen and oxygen atoms in total. The fraction of sp³-hybridized carbons (Fsp3) is 0.750. The highest BCUT2D eigenvalue weighted by Crippen LogP contribution is 2.37. The number of hydrogen-bond donors (Lipinski definition) is 1. The summed E-state index contributed by atoms with van der Waals surface area (Å²) >= 11 is 0. The van der Waals surface area contributed by atoms with Gasteiger partial charge in [-0.15, -0.1) is 0 Å². The average Bonchev–Trinajstić information content (AvgIpc) is 2.78. The largest absolute Gasteiger partial charge is 0.355 e. The van der Waals surface area contributed by atoms with E-state index in [1.54, 1.807) is 0 Å². The molecule has 1 N–H and O–H groups in total. The Hall–Kier alpha value is -0.990. The Bertz CT molecular complexity index is 306. The van der Waals surface area contributed by atoms with Gasteiger partial charge >= 0.3 is 0 Å². The van der Waals surface area contributed by atoms with Gasteiger partial charge in [0, 0.05) is 25.5 Å². The highest BCUT2D eigenvalue weighted by molar-refractivity contribution is 5.26. The van der Waals surface area contributed by atoms with Crippen LogP contribution >= 0.6 is 0 Å². The second kappa shape index (κ2) is 4.69. The van der Waals surface area contributed by atoms with Crippen molar-refractivity contribution in [3.63, 3.8) is 0 Å². The number of rotatable bonds is 6. The van der Waals surface area contributed by atoms with Crippen LogP contribution in [-0.4, -0.2) is 16.1 Å². The third-order valence-electron chi connectivity index (χ3n) is 3.27. The molecule has 0 amide bonds. The van der Waals surface area contributed by atoms with E-state index in [9.17, 15) is 0 Å². The van der Waals surface area contributed by atoms with Gasteiger partial charge in [0.15, 0.2) is 0 Å². The minimum absolute atomic E-state index is 0.876. The molecular weight excluding hydrogens is 186 g/mol. The summed E-state index contributed by atoms with van der Waals surface area (Å²) < 4.78 is 2.22. The van der Waals surface area contributed by atoms with E-state index in [1.807, 2.05) is 6.20 Å². The van der Waals surface area contributed by atoms with Crippen molar-refractivity contribution in [3.05, 3.63) is 12.4 Å². The molecule has 0 aromatic carbocycles. The summed E-state index contributed by atoms with van der Waals surface area (Å²) in [6, 6.07) is 0. The first-order valence-corrected chi connectivity index (χ1v) is 6.06. The zero-order chi connectivity index (χ0) is 10.7. The van der Waals surface area contributed by atoms with E-state index < -0.39 is 0 Å². The molecule has 2 unspecified atom stereocenters. The summed E-state index contributed by atoms with van der Waals surface area (Å²) in [5.41, 5.74) is 0. The van der Waals surface area contributed by atoms with E-state index in [0.29, 0.717) is 0 Å². The number of imidazole rings is 1. The van der Waals surface area contributed by atoms with Crippen LogP contribution in [0, 0.1) is 11.8 Å². The van der Waals surface area contributed by atoms with Crippen molar-refractivity contribution in [1.82, 2.24) is 9.55 Å². The molecule has 1 heterocycles. The molecule has 1 aromatic heterocycles. The molecule has 1 aliphatic carbocycles. The number of nitrogens with one attached hydrogen (secondary N) is 1. The lowest BCUT2D eigenvalue weighted by Gasteiger charge is -2.08. The number of aryl methyl sites for hydroxylation is 1. The van der Waals surface area contributed by atoms with Crippen LogP contribution in [0.1, 0.15) is 33.1 Å². The summed E-state index contributed by atoms with van der Waals surface area (Å²) in [6.07, 6.45) is 7.79. The Labute approximate surface area is 91.9 Å². The van der Waals surface area contributed by atoms with Gasteiger partial charge in [0.25, 0.3) is 0 Å². The Kier molecular flexibility index (Phi) is 3.29. The Morgan fingerprint density at radius 1 is 1.60 bits per heavy atom. The van der Waals surface area contributed by atoms with Crippen LogP contribution in [0.15, 0.2) is 12.4 Å². The monoisotopic (exact) mass is 207 g/mol. The maximum atomic E-state index is 4.35. The molecule has 3 heteroatoms. The number of nitrogens with zero attached hydrogens (tertiary/aromatic N) is 2. The molecule has 1 aromatic rings. The minimum atomic E-state index is 0.876. The summed E-state index contributed by atoms with van der Waals surface area (Å²) in [5, 5.41) is 3.45. The number of unbranched alkanes of at least 4 members (excludes halogenated alkanes) is 1. The van der Waals surface area contributed by atoms with Gasteiger partial charge in [-0.3, -0.25) is 0 Å². The van der Waals surface area contributed by atoms with E-state index in [2.05, 4.69) is 34.9 Å². The second-order valence-electron chi connectivity index (χ2n) is 4.65. The number of aromatic nitrogens is 2. The second-order valence-corrected chi connectivity index (χ2v) is 4.65. The highest BCUT2D eigenvalue weighted by atomic mass is 15.2. The van der Waals surface area contributed by atoms with Gasteiger partial charge < -0.3 is 9.88 Å². The predicted octanol–water partition coefficient (Wildman–Crippen LogP) is 2.75. The van der Waals surface area contributed by atoms with Gasteiger partial charge in [0.05, 0.1) is 0 Å². The van der Waals surface area contributed by atoms with Crippen LogP contribution in [-0.2, 0) is 6.54 Å². The van der Waals surface area contributed by atoms with Crippen molar-refractivity contribution in [3.8, 4) is 0 Å². The van der Waals surface area contributed by atoms with Gasteiger partial charge in [-0.05, 0) is 24.7 Å². The molecule has 84 valence electrons. The lowest BCUT2D eigenvalue weighted by atomic mass is 10.3. The molecule has 0 radical (unpaired) electrons. The first-order valence-electron chi connectivity index (χ1n) is 6.06. The van der Waals surface area contributed by atoms with E-state index in [4.69, 9.17) is 0 Å². The summed E-state index contributed by atoms with van der Waals surface area (Å²) in [5.74, 6) is 2.83. The molecule has 2 rings (SSSR count). The van der Waals surface area contributed by atoms with Crippen LogP contribution in [0.25, 0.3) is 0 Å². The van der Waals surface area contributed by atoms with Crippen LogP contribution in [0.2, 0.25) is 0 Å². The van der Waals surface area contributed by atoms with Crippen molar-refractivity contribution >= 4 is 5.95 Å². The molecule has 1 saturated carbocycles. The lowest BCUT2D eigenvalue weighted by molar-refractivity contribution is 0.632. The fourth-order valence-electron chi connectivity index (χ4n) is 1.89. The maximum Gasteiger partial charge on any atom is 0.202 e. The highest BCUT2D eigenvalue weighted by Gasteiger charge is 2.32. The van der Waals surface area contributed by atoms with Gasteiger partial charge in [-0.2, -0.15) is 0 Å². The normalized spacial score (nSPS) is 24.1. The lowest BCUT2D eigenvalue weighted by Crippen LogP contribution is -2.10. The molecule has 0 aliphatic heterocycles. The Balaban J connectivity index is 1.81. The third kappa shape index (κ3) is 2.74. The summed E-state index contributed by atoms with van der Waals surface area (Å²) in [4.78, 5) is 4.35.